The zero-order valence-corrected chi connectivity index (χ0v) is 11.5. The van der Waals surface area contributed by atoms with Gasteiger partial charge in [-0.2, -0.15) is 0 Å². The Bertz CT molecular complexity index is 538. The Kier molecular flexibility index (Phi) is 4.16. The molecule has 0 unspecified atom stereocenters. The SMILES string of the molecule is CCc1ccc(S(=O)(=O)Cl)cc1C(=O)N(C)C. The third-order valence-corrected chi connectivity index (χ3v) is 3.73. The van der Waals surface area contributed by atoms with Gasteiger partial charge in [0, 0.05) is 30.3 Å². The van der Waals surface area contributed by atoms with E-state index in [1.54, 1.807) is 20.2 Å². The maximum atomic E-state index is 11.9. The minimum absolute atomic E-state index is 0.0541. The average molecular weight is 276 g/mol. The zero-order valence-electron chi connectivity index (χ0n) is 9.90. The molecule has 0 N–H and O–H groups in total. The number of hydrogen-bond donors (Lipinski definition) is 0. The van der Waals surface area contributed by atoms with Gasteiger partial charge in [0.15, 0.2) is 0 Å². The molecule has 0 saturated carbocycles. The summed E-state index contributed by atoms with van der Waals surface area (Å²) in [5.41, 5.74) is 1.17. The minimum atomic E-state index is -3.81. The van der Waals surface area contributed by atoms with Crippen molar-refractivity contribution in [1.29, 1.82) is 0 Å². The van der Waals surface area contributed by atoms with Crippen molar-refractivity contribution in [2.24, 2.45) is 0 Å². The van der Waals surface area contributed by atoms with Crippen molar-refractivity contribution in [2.45, 2.75) is 18.2 Å². The largest absolute Gasteiger partial charge is 0.345 e. The Morgan fingerprint density at radius 2 is 1.94 bits per heavy atom. The Morgan fingerprint density at radius 3 is 2.35 bits per heavy atom. The van der Waals surface area contributed by atoms with Gasteiger partial charge in [-0.25, -0.2) is 8.42 Å². The van der Waals surface area contributed by atoms with Crippen molar-refractivity contribution in [1.82, 2.24) is 4.90 Å². The van der Waals surface area contributed by atoms with Gasteiger partial charge in [-0.15, -0.1) is 0 Å². The van der Waals surface area contributed by atoms with Crippen LogP contribution in [-0.2, 0) is 15.5 Å². The molecule has 0 aromatic heterocycles. The second-order valence-electron chi connectivity index (χ2n) is 3.81. The third-order valence-electron chi connectivity index (χ3n) is 2.38. The van der Waals surface area contributed by atoms with E-state index < -0.39 is 9.05 Å². The molecule has 1 aromatic carbocycles. The molecule has 0 aliphatic heterocycles. The summed E-state index contributed by atoms with van der Waals surface area (Å²) < 4.78 is 22.4. The lowest BCUT2D eigenvalue weighted by molar-refractivity contribution is 0.0826. The smallest absolute Gasteiger partial charge is 0.261 e. The second kappa shape index (κ2) is 5.06. The summed E-state index contributed by atoms with van der Waals surface area (Å²) >= 11 is 0. The number of amides is 1. The molecule has 1 rings (SSSR count). The molecule has 17 heavy (non-hydrogen) atoms. The molecule has 1 amide bonds. The van der Waals surface area contributed by atoms with Crippen LogP contribution in [-0.4, -0.2) is 33.3 Å². The van der Waals surface area contributed by atoms with Crippen LogP contribution in [0.15, 0.2) is 23.1 Å². The molecule has 0 aliphatic carbocycles. The van der Waals surface area contributed by atoms with Crippen LogP contribution in [0.5, 0.6) is 0 Å². The molecule has 0 radical (unpaired) electrons. The molecule has 0 aliphatic rings. The first-order valence-corrected chi connectivity index (χ1v) is 7.37. The minimum Gasteiger partial charge on any atom is -0.345 e. The highest BCUT2D eigenvalue weighted by Gasteiger charge is 2.17. The number of aryl methyl sites for hydroxylation is 1. The van der Waals surface area contributed by atoms with Crippen LogP contribution >= 0.6 is 10.7 Å². The van der Waals surface area contributed by atoms with E-state index in [1.165, 1.54) is 17.0 Å². The standard InChI is InChI=1S/C11H14ClNO3S/c1-4-8-5-6-9(17(12,15)16)7-10(8)11(14)13(2)3/h5-7H,4H2,1-3H3. The number of nitrogens with zero attached hydrogens (tertiary/aromatic N) is 1. The number of rotatable bonds is 3. The van der Waals surface area contributed by atoms with E-state index in [-0.39, 0.29) is 10.8 Å². The van der Waals surface area contributed by atoms with Crippen LogP contribution in [0.25, 0.3) is 0 Å². The predicted molar refractivity (Wildman–Crippen MR) is 66.9 cm³/mol. The molecule has 0 heterocycles. The van der Waals surface area contributed by atoms with E-state index >= 15 is 0 Å². The van der Waals surface area contributed by atoms with E-state index in [0.717, 1.165) is 5.56 Å². The van der Waals surface area contributed by atoms with Crippen molar-refractivity contribution in [2.75, 3.05) is 14.1 Å². The Hall–Kier alpha value is -1.07. The van der Waals surface area contributed by atoms with Crippen LogP contribution in [0.4, 0.5) is 0 Å². The molecule has 6 heteroatoms. The highest BCUT2D eigenvalue weighted by molar-refractivity contribution is 8.13. The molecule has 94 valence electrons. The fourth-order valence-corrected chi connectivity index (χ4v) is 2.23. The number of carbonyl (C=O) groups is 1. The van der Waals surface area contributed by atoms with Crippen LogP contribution in [0.3, 0.4) is 0 Å². The van der Waals surface area contributed by atoms with E-state index in [2.05, 4.69) is 0 Å². The molecule has 4 nitrogen and oxygen atoms in total. The first-order chi connectivity index (χ1) is 7.77. The maximum absolute atomic E-state index is 11.9. The van der Waals surface area contributed by atoms with E-state index in [4.69, 9.17) is 10.7 Å². The van der Waals surface area contributed by atoms with Gasteiger partial charge in [-0.05, 0) is 24.1 Å². The number of benzene rings is 1. The van der Waals surface area contributed by atoms with Gasteiger partial charge in [0.25, 0.3) is 15.0 Å². The lowest BCUT2D eigenvalue weighted by Crippen LogP contribution is -2.23. The number of hydrogen-bond acceptors (Lipinski definition) is 3. The molecule has 0 spiro atoms. The maximum Gasteiger partial charge on any atom is 0.261 e. The first-order valence-electron chi connectivity index (χ1n) is 5.06. The third kappa shape index (κ3) is 3.20. The van der Waals surface area contributed by atoms with Gasteiger partial charge in [-0.3, -0.25) is 4.79 Å². The molecule has 0 fully saturated rings. The predicted octanol–water partition coefficient (Wildman–Crippen LogP) is 1.88. The Morgan fingerprint density at radius 1 is 1.35 bits per heavy atom. The summed E-state index contributed by atoms with van der Waals surface area (Å²) in [7, 11) is 4.68. The van der Waals surface area contributed by atoms with E-state index in [1.807, 2.05) is 6.92 Å². The van der Waals surface area contributed by atoms with Crippen molar-refractivity contribution in [3.63, 3.8) is 0 Å². The van der Waals surface area contributed by atoms with Crippen molar-refractivity contribution < 1.29 is 13.2 Å². The molecule has 0 saturated heterocycles. The van der Waals surface area contributed by atoms with Crippen molar-refractivity contribution in [3.05, 3.63) is 29.3 Å². The van der Waals surface area contributed by atoms with Gasteiger partial charge in [-0.1, -0.05) is 13.0 Å². The first kappa shape index (κ1) is 14.0. The average Bonchev–Trinajstić information content (AvgIpc) is 2.25. The lowest BCUT2D eigenvalue weighted by atomic mass is 10.0. The van der Waals surface area contributed by atoms with Crippen LogP contribution < -0.4 is 0 Å². The number of halogens is 1. The topological polar surface area (TPSA) is 54.5 Å². The normalized spacial score (nSPS) is 11.3. The number of carbonyl (C=O) groups excluding carboxylic acids is 1. The van der Waals surface area contributed by atoms with Gasteiger partial charge < -0.3 is 4.90 Å². The summed E-state index contributed by atoms with van der Waals surface area (Å²) in [6.07, 6.45) is 0.650. The van der Waals surface area contributed by atoms with E-state index in [9.17, 15) is 13.2 Å². The van der Waals surface area contributed by atoms with Crippen LogP contribution in [0, 0.1) is 0 Å². The summed E-state index contributed by atoms with van der Waals surface area (Å²) in [5.74, 6) is -0.232. The molecular formula is C11H14ClNO3S. The van der Waals surface area contributed by atoms with Gasteiger partial charge in [0.1, 0.15) is 0 Å². The zero-order chi connectivity index (χ0) is 13.2. The summed E-state index contributed by atoms with van der Waals surface area (Å²) in [4.78, 5) is 13.2. The van der Waals surface area contributed by atoms with Crippen molar-refractivity contribution >= 4 is 25.6 Å². The summed E-state index contributed by atoms with van der Waals surface area (Å²) in [6.45, 7) is 1.90. The van der Waals surface area contributed by atoms with Crippen LogP contribution in [0.1, 0.15) is 22.8 Å². The fraction of sp³-hybridized carbons (Fsp3) is 0.364. The highest BCUT2D eigenvalue weighted by Crippen LogP contribution is 2.20. The second-order valence-corrected chi connectivity index (χ2v) is 6.38. The van der Waals surface area contributed by atoms with Gasteiger partial charge >= 0.3 is 0 Å². The molecule has 1 aromatic rings. The van der Waals surface area contributed by atoms with Gasteiger partial charge in [0.05, 0.1) is 4.90 Å². The monoisotopic (exact) mass is 275 g/mol. The summed E-state index contributed by atoms with van der Waals surface area (Å²) in [5, 5.41) is 0. The Balaban J connectivity index is 3.40. The van der Waals surface area contributed by atoms with E-state index in [0.29, 0.717) is 12.0 Å². The molecule has 0 atom stereocenters. The highest BCUT2D eigenvalue weighted by atomic mass is 35.7. The fourth-order valence-electron chi connectivity index (χ4n) is 1.46. The van der Waals surface area contributed by atoms with Gasteiger partial charge in [0.2, 0.25) is 0 Å². The lowest BCUT2D eigenvalue weighted by Gasteiger charge is -2.14. The molecule has 0 bridgehead atoms. The van der Waals surface area contributed by atoms with Crippen LogP contribution in [0.2, 0.25) is 0 Å². The summed E-state index contributed by atoms with van der Waals surface area (Å²) in [6, 6.07) is 4.35. The molecular weight excluding hydrogens is 262 g/mol. The van der Waals surface area contributed by atoms with Crippen molar-refractivity contribution in [3.8, 4) is 0 Å². The quantitative estimate of drug-likeness (QED) is 0.792. The Labute approximate surface area is 106 Å².